The highest BCUT2D eigenvalue weighted by atomic mass is 35.5. The van der Waals surface area contributed by atoms with Crippen LogP contribution in [0.3, 0.4) is 0 Å². The van der Waals surface area contributed by atoms with E-state index in [2.05, 4.69) is 11.9 Å². The van der Waals surface area contributed by atoms with Gasteiger partial charge in [-0.2, -0.15) is 0 Å². The summed E-state index contributed by atoms with van der Waals surface area (Å²) in [7, 11) is 0. The van der Waals surface area contributed by atoms with Crippen molar-refractivity contribution in [3.8, 4) is 0 Å². The molecule has 6 heteroatoms. The fourth-order valence-corrected chi connectivity index (χ4v) is 1.74. The van der Waals surface area contributed by atoms with Gasteiger partial charge in [0.25, 0.3) is 5.69 Å². The molecule has 4 nitrogen and oxygen atoms in total. The summed E-state index contributed by atoms with van der Waals surface area (Å²) >= 11 is 11.8. The van der Waals surface area contributed by atoms with E-state index in [0.29, 0.717) is 12.2 Å². The second kappa shape index (κ2) is 5.72. The molecule has 0 fully saturated rings. The first-order valence-corrected chi connectivity index (χ1v) is 5.30. The summed E-state index contributed by atoms with van der Waals surface area (Å²) in [6.07, 6.45) is 2.50. The molecule has 86 valence electrons. The van der Waals surface area contributed by atoms with Gasteiger partial charge < -0.3 is 5.32 Å². The maximum atomic E-state index is 10.5. The third kappa shape index (κ3) is 3.12. The van der Waals surface area contributed by atoms with Gasteiger partial charge in [-0.3, -0.25) is 10.1 Å². The molecule has 0 bridgehead atoms. The molecule has 0 radical (unpaired) electrons. The van der Waals surface area contributed by atoms with Crippen molar-refractivity contribution in [1.82, 2.24) is 0 Å². The number of nitro groups is 1. The SMILES string of the molecule is C=CCCNc1c(Cl)cc([N+](=O)[O-])cc1Cl. The lowest BCUT2D eigenvalue weighted by Crippen LogP contribution is -2.02. The Hall–Kier alpha value is -1.26. The Morgan fingerprint density at radius 1 is 1.44 bits per heavy atom. The Bertz CT molecular complexity index is 398. The predicted octanol–water partition coefficient (Wildman–Crippen LogP) is 3.89. The summed E-state index contributed by atoms with van der Waals surface area (Å²) < 4.78 is 0. The Balaban J connectivity index is 2.93. The van der Waals surface area contributed by atoms with Crippen molar-refractivity contribution in [2.75, 3.05) is 11.9 Å². The number of non-ortho nitro benzene ring substituents is 1. The minimum Gasteiger partial charge on any atom is -0.382 e. The molecule has 0 aliphatic rings. The monoisotopic (exact) mass is 260 g/mol. The normalized spacial score (nSPS) is 9.88. The number of benzene rings is 1. The lowest BCUT2D eigenvalue weighted by atomic mass is 10.2. The molecule has 0 saturated carbocycles. The molecule has 1 aromatic rings. The summed E-state index contributed by atoms with van der Waals surface area (Å²) in [6.45, 7) is 4.20. The second-order valence-corrected chi connectivity index (χ2v) is 3.86. The maximum Gasteiger partial charge on any atom is 0.272 e. The number of nitrogens with zero attached hydrogens (tertiary/aromatic N) is 1. The molecule has 0 aromatic heterocycles. The molecule has 0 heterocycles. The first kappa shape index (κ1) is 12.8. The van der Waals surface area contributed by atoms with Crippen molar-refractivity contribution in [2.45, 2.75) is 6.42 Å². The number of nitro benzene ring substituents is 1. The van der Waals surface area contributed by atoms with Gasteiger partial charge >= 0.3 is 0 Å². The second-order valence-electron chi connectivity index (χ2n) is 3.05. The molecule has 1 aromatic carbocycles. The van der Waals surface area contributed by atoms with E-state index in [4.69, 9.17) is 23.2 Å². The molecule has 0 spiro atoms. The molecule has 0 atom stereocenters. The quantitative estimate of drug-likeness (QED) is 0.378. The fourth-order valence-electron chi connectivity index (χ4n) is 1.13. The van der Waals surface area contributed by atoms with Crippen molar-refractivity contribution in [3.63, 3.8) is 0 Å². The van der Waals surface area contributed by atoms with E-state index in [1.807, 2.05) is 0 Å². The first-order chi connectivity index (χ1) is 7.56. The molecular weight excluding hydrogens is 251 g/mol. The van der Waals surface area contributed by atoms with Crippen LogP contribution in [0.15, 0.2) is 24.8 Å². The average molecular weight is 261 g/mol. The van der Waals surface area contributed by atoms with E-state index in [1.165, 1.54) is 12.1 Å². The maximum absolute atomic E-state index is 10.5. The molecular formula is C10H10Cl2N2O2. The minimum atomic E-state index is -0.536. The van der Waals surface area contributed by atoms with E-state index in [1.54, 1.807) is 6.08 Å². The Labute approximate surface area is 103 Å². The molecule has 0 aliphatic heterocycles. The van der Waals surface area contributed by atoms with Crippen LogP contribution in [0.2, 0.25) is 10.0 Å². The van der Waals surface area contributed by atoms with Crippen LogP contribution in [0.4, 0.5) is 11.4 Å². The molecule has 0 saturated heterocycles. The number of rotatable bonds is 5. The van der Waals surface area contributed by atoms with Gasteiger partial charge in [-0.05, 0) is 6.42 Å². The van der Waals surface area contributed by atoms with Gasteiger partial charge in [-0.15, -0.1) is 6.58 Å². The summed E-state index contributed by atoms with van der Waals surface area (Å²) in [5.74, 6) is 0. The van der Waals surface area contributed by atoms with Gasteiger partial charge in [0.1, 0.15) is 0 Å². The topological polar surface area (TPSA) is 55.2 Å². The van der Waals surface area contributed by atoms with Gasteiger partial charge in [-0.25, -0.2) is 0 Å². The third-order valence-corrected chi connectivity index (χ3v) is 2.48. The van der Waals surface area contributed by atoms with Crippen LogP contribution in [0, 0.1) is 10.1 Å². The highest BCUT2D eigenvalue weighted by Crippen LogP contribution is 2.34. The molecule has 0 amide bonds. The zero-order chi connectivity index (χ0) is 12.1. The standard InChI is InChI=1S/C10H10Cl2N2O2/c1-2-3-4-13-10-8(11)5-7(14(15)16)6-9(10)12/h2,5-6,13H,1,3-4H2. The van der Waals surface area contributed by atoms with Crippen LogP contribution in [0.5, 0.6) is 0 Å². The van der Waals surface area contributed by atoms with Gasteiger partial charge in [0, 0.05) is 18.7 Å². The number of anilines is 1. The van der Waals surface area contributed by atoms with Crippen LogP contribution in [-0.2, 0) is 0 Å². The lowest BCUT2D eigenvalue weighted by Gasteiger charge is -2.08. The van der Waals surface area contributed by atoms with E-state index in [9.17, 15) is 10.1 Å². The van der Waals surface area contributed by atoms with Crippen LogP contribution >= 0.6 is 23.2 Å². The van der Waals surface area contributed by atoms with Gasteiger partial charge in [-0.1, -0.05) is 29.3 Å². The summed E-state index contributed by atoms with van der Waals surface area (Å²) in [4.78, 5) is 10.00. The smallest absolute Gasteiger partial charge is 0.272 e. The molecule has 0 unspecified atom stereocenters. The lowest BCUT2D eigenvalue weighted by molar-refractivity contribution is -0.384. The zero-order valence-corrected chi connectivity index (χ0v) is 9.88. The summed E-state index contributed by atoms with van der Waals surface area (Å²) in [5.41, 5.74) is 0.389. The largest absolute Gasteiger partial charge is 0.382 e. The van der Waals surface area contributed by atoms with Crippen molar-refractivity contribution in [3.05, 3.63) is 44.9 Å². The highest BCUT2D eigenvalue weighted by molar-refractivity contribution is 6.39. The molecule has 0 aliphatic carbocycles. The highest BCUT2D eigenvalue weighted by Gasteiger charge is 2.13. The van der Waals surface area contributed by atoms with Crippen molar-refractivity contribution in [2.24, 2.45) is 0 Å². The van der Waals surface area contributed by atoms with Crippen molar-refractivity contribution < 1.29 is 4.92 Å². The summed E-state index contributed by atoms with van der Waals surface area (Å²) in [5, 5.41) is 14.0. The predicted molar refractivity (Wildman–Crippen MR) is 66.4 cm³/mol. The van der Waals surface area contributed by atoms with Crippen LogP contribution < -0.4 is 5.32 Å². The number of halogens is 2. The molecule has 16 heavy (non-hydrogen) atoms. The van der Waals surface area contributed by atoms with Crippen LogP contribution in [0.1, 0.15) is 6.42 Å². The number of hydrogen-bond acceptors (Lipinski definition) is 3. The Morgan fingerprint density at radius 3 is 2.44 bits per heavy atom. The van der Waals surface area contributed by atoms with Gasteiger partial charge in [0.05, 0.1) is 20.7 Å². The first-order valence-electron chi connectivity index (χ1n) is 4.54. The third-order valence-electron chi connectivity index (χ3n) is 1.89. The van der Waals surface area contributed by atoms with E-state index in [-0.39, 0.29) is 15.7 Å². The van der Waals surface area contributed by atoms with Crippen molar-refractivity contribution in [1.29, 1.82) is 0 Å². The number of nitrogens with one attached hydrogen (secondary N) is 1. The van der Waals surface area contributed by atoms with Crippen LogP contribution in [-0.4, -0.2) is 11.5 Å². The number of hydrogen-bond donors (Lipinski definition) is 1. The average Bonchev–Trinajstić information content (AvgIpc) is 2.21. The Morgan fingerprint density at radius 2 is 2.00 bits per heavy atom. The van der Waals surface area contributed by atoms with Crippen LogP contribution in [0.25, 0.3) is 0 Å². The molecule has 1 N–H and O–H groups in total. The van der Waals surface area contributed by atoms with Crippen molar-refractivity contribution >= 4 is 34.6 Å². The van der Waals surface area contributed by atoms with E-state index < -0.39 is 4.92 Å². The minimum absolute atomic E-state index is 0.121. The summed E-state index contributed by atoms with van der Waals surface area (Å²) in [6, 6.07) is 2.54. The fraction of sp³-hybridized carbons (Fsp3) is 0.200. The zero-order valence-electron chi connectivity index (χ0n) is 8.37. The van der Waals surface area contributed by atoms with E-state index >= 15 is 0 Å². The molecule has 1 rings (SSSR count). The van der Waals surface area contributed by atoms with Gasteiger partial charge in [0.2, 0.25) is 0 Å². The van der Waals surface area contributed by atoms with Gasteiger partial charge in [0.15, 0.2) is 0 Å². The Kier molecular flexibility index (Phi) is 4.58. The van der Waals surface area contributed by atoms with E-state index in [0.717, 1.165) is 6.42 Å².